The molecule has 0 bridgehead atoms. The Morgan fingerprint density at radius 2 is 2.06 bits per heavy atom. The lowest BCUT2D eigenvalue weighted by Crippen LogP contribution is -2.43. The topological polar surface area (TPSA) is 20.2 Å². The molecule has 1 fully saturated rings. The summed E-state index contributed by atoms with van der Waals surface area (Å²) < 4.78 is 2.25. The highest BCUT2D eigenvalue weighted by atomic mass is 15.2. The lowest BCUT2D eigenvalue weighted by atomic mass is 10.0. The second-order valence-corrected chi connectivity index (χ2v) is 5.43. The van der Waals surface area contributed by atoms with Gasteiger partial charge in [-0.1, -0.05) is 6.07 Å². The lowest BCUT2D eigenvalue weighted by Gasteiger charge is -2.31. The Kier molecular flexibility index (Phi) is 2.88. The summed E-state index contributed by atoms with van der Waals surface area (Å²) in [5, 5.41) is 4.95. The highest BCUT2D eigenvalue weighted by molar-refractivity contribution is 5.82. The van der Waals surface area contributed by atoms with E-state index in [2.05, 4.69) is 60.1 Å². The van der Waals surface area contributed by atoms with E-state index in [-0.39, 0.29) is 0 Å². The van der Waals surface area contributed by atoms with Gasteiger partial charge in [-0.15, -0.1) is 0 Å². The number of rotatable bonds is 1. The highest BCUT2D eigenvalue weighted by Crippen LogP contribution is 2.24. The third-order valence-corrected chi connectivity index (χ3v) is 4.09. The number of hydrogen-bond acceptors (Lipinski definition) is 2. The minimum absolute atomic E-state index is 0.466. The Bertz CT molecular complexity index is 570. The summed E-state index contributed by atoms with van der Waals surface area (Å²) in [5.41, 5.74) is 4.04. The average Bonchev–Trinajstić information content (AvgIpc) is 2.65. The van der Waals surface area contributed by atoms with Crippen molar-refractivity contribution in [3.63, 3.8) is 0 Å². The quantitative estimate of drug-likeness (QED) is 0.827. The van der Waals surface area contributed by atoms with Crippen LogP contribution in [-0.2, 0) is 7.05 Å². The number of benzene rings is 1. The van der Waals surface area contributed by atoms with E-state index in [4.69, 9.17) is 0 Å². The summed E-state index contributed by atoms with van der Waals surface area (Å²) in [6.07, 6.45) is 0. The SMILES string of the molecule is Cc1cc2cc(C3CN(C)CCN3)ccc2n1C. The molecular formula is C15H21N3. The first-order valence-electron chi connectivity index (χ1n) is 6.63. The van der Waals surface area contributed by atoms with E-state index in [1.54, 1.807) is 0 Å². The Labute approximate surface area is 108 Å². The van der Waals surface area contributed by atoms with Crippen LogP contribution in [0.2, 0.25) is 0 Å². The average molecular weight is 243 g/mol. The number of nitrogens with zero attached hydrogens (tertiary/aromatic N) is 2. The summed E-state index contributed by atoms with van der Waals surface area (Å²) in [4.78, 5) is 2.39. The molecule has 0 saturated carbocycles. The predicted octanol–water partition coefficient (Wildman–Crippen LogP) is 2.06. The van der Waals surface area contributed by atoms with Gasteiger partial charge >= 0.3 is 0 Å². The molecule has 3 nitrogen and oxygen atoms in total. The zero-order chi connectivity index (χ0) is 12.7. The van der Waals surface area contributed by atoms with Crippen molar-refractivity contribution in [1.82, 2.24) is 14.8 Å². The first-order chi connectivity index (χ1) is 8.65. The second kappa shape index (κ2) is 4.41. The van der Waals surface area contributed by atoms with Crippen LogP contribution >= 0.6 is 0 Å². The maximum absolute atomic E-state index is 3.60. The van der Waals surface area contributed by atoms with E-state index in [9.17, 15) is 0 Å². The lowest BCUT2D eigenvalue weighted by molar-refractivity contribution is 0.241. The van der Waals surface area contributed by atoms with Gasteiger partial charge in [-0.25, -0.2) is 0 Å². The van der Waals surface area contributed by atoms with Gasteiger partial charge in [-0.2, -0.15) is 0 Å². The van der Waals surface area contributed by atoms with Gasteiger partial charge in [0.2, 0.25) is 0 Å². The molecule has 1 aromatic carbocycles. The van der Waals surface area contributed by atoms with Gasteiger partial charge in [-0.05, 0) is 37.7 Å². The van der Waals surface area contributed by atoms with Crippen LogP contribution in [0.3, 0.4) is 0 Å². The molecule has 1 N–H and O–H groups in total. The van der Waals surface area contributed by atoms with Crippen LogP contribution in [0.25, 0.3) is 10.9 Å². The fourth-order valence-corrected chi connectivity index (χ4v) is 2.84. The van der Waals surface area contributed by atoms with Gasteiger partial charge in [0.1, 0.15) is 0 Å². The van der Waals surface area contributed by atoms with E-state index in [1.807, 2.05) is 0 Å². The van der Waals surface area contributed by atoms with Crippen molar-refractivity contribution >= 4 is 10.9 Å². The van der Waals surface area contributed by atoms with Gasteiger partial charge in [0.15, 0.2) is 0 Å². The number of nitrogens with one attached hydrogen (secondary N) is 1. The summed E-state index contributed by atoms with van der Waals surface area (Å²) in [7, 11) is 4.32. The molecule has 0 amide bonds. The Morgan fingerprint density at radius 3 is 2.83 bits per heavy atom. The number of hydrogen-bond donors (Lipinski definition) is 1. The molecule has 3 rings (SSSR count). The molecule has 1 aliphatic rings. The summed E-state index contributed by atoms with van der Waals surface area (Å²) in [6, 6.07) is 9.57. The van der Waals surface area contributed by atoms with Crippen LogP contribution in [0.15, 0.2) is 24.3 Å². The molecule has 2 heterocycles. The van der Waals surface area contributed by atoms with Crippen molar-refractivity contribution < 1.29 is 0 Å². The van der Waals surface area contributed by atoms with Crippen LogP contribution in [0.1, 0.15) is 17.3 Å². The van der Waals surface area contributed by atoms with E-state index >= 15 is 0 Å². The van der Waals surface area contributed by atoms with Crippen molar-refractivity contribution in [2.45, 2.75) is 13.0 Å². The standard InChI is InChI=1S/C15H21N3/c1-11-8-13-9-12(4-5-15(13)18(11)3)14-10-17(2)7-6-16-14/h4-5,8-9,14,16H,6-7,10H2,1-3H3. The van der Waals surface area contributed by atoms with E-state index < -0.39 is 0 Å². The minimum Gasteiger partial charge on any atom is -0.348 e. The van der Waals surface area contributed by atoms with Crippen molar-refractivity contribution in [2.75, 3.05) is 26.7 Å². The molecule has 0 aliphatic carbocycles. The molecular weight excluding hydrogens is 222 g/mol. The first-order valence-corrected chi connectivity index (χ1v) is 6.63. The molecule has 2 aromatic rings. The van der Waals surface area contributed by atoms with Gasteiger partial charge in [0.05, 0.1) is 0 Å². The van der Waals surface area contributed by atoms with Crippen LogP contribution in [-0.4, -0.2) is 36.1 Å². The van der Waals surface area contributed by atoms with Crippen LogP contribution in [0, 0.1) is 6.92 Å². The maximum atomic E-state index is 3.60. The molecule has 1 atom stereocenters. The zero-order valence-corrected chi connectivity index (χ0v) is 11.4. The molecule has 96 valence electrons. The Morgan fingerprint density at radius 1 is 1.22 bits per heavy atom. The smallest absolute Gasteiger partial charge is 0.0480 e. The minimum atomic E-state index is 0.466. The molecule has 1 aliphatic heterocycles. The van der Waals surface area contributed by atoms with Gasteiger partial charge in [-0.3, -0.25) is 0 Å². The van der Waals surface area contributed by atoms with Crippen molar-refractivity contribution in [2.24, 2.45) is 7.05 Å². The largest absolute Gasteiger partial charge is 0.348 e. The Hall–Kier alpha value is -1.32. The Balaban J connectivity index is 1.97. The van der Waals surface area contributed by atoms with Crippen molar-refractivity contribution in [3.05, 3.63) is 35.5 Å². The van der Waals surface area contributed by atoms with E-state index in [1.165, 1.54) is 22.2 Å². The monoisotopic (exact) mass is 243 g/mol. The van der Waals surface area contributed by atoms with Crippen molar-refractivity contribution in [3.8, 4) is 0 Å². The summed E-state index contributed by atoms with van der Waals surface area (Å²) in [5.74, 6) is 0. The molecule has 3 heteroatoms. The van der Waals surface area contributed by atoms with E-state index in [0.29, 0.717) is 6.04 Å². The number of piperazine rings is 1. The van der Waals surface area contributed by atoms with Crippen LogP contribution in [0.5, 0.6) is 0 Å². The third-order valence-electron chi connectivity index (χ3n) is 4.09. The van der Waals surface area contributed by atoms with Crippen molar-refractivity contribution in [1.29, 1.82) is 0 Å². The molecule has 1 saturated heterocycles. The fraction of sp³-hybridized carbons (Fsp3) is 0.467. The molecule has 0 radical (unpaired) electrons. The fourth-order valence-electron chi connectivity index (χ4n) is 2.84. The number of likely N-dealkylation sites (N-methyl/N-ethyl adjacent to an activating group) is 1. The molecule has 1 aromatic heterocycles. The highest BCUT2D eigenvalue weighted by Gasteiger charge is 2.18. The molecule has 18 heavy (non-hydrogen) atoms. The third kappa shape index (κ3) is 1.93. The molecule has 1 unspecified atom stereocenters. The van der Waals surface area contributed by atoms with Crippen LogP contribution < -0.4 is 5.32 Å². The number of fused-ring (bicyclic) bond motifs is 1. The summed E-state index contributed by atoms with van der Waals surface area (Å²) in [6.45, 7) is 5.47. The number of aryl methyl sites for hydroxylation is 2. The predicted molar refractivity (Wildman–Crippen MR) is 75.9 cm³/mol. The van der Waals surface area contributed by atoms with Gasteiger partial charge < -0.3 is 14.8 Å². The first kappa shape index (κ1) is 11.8. The van der Waals surface area contributed by atoms with E-state index in [0.717, 1.165) is 19.6 Å². The normalized spacial score (nSPS) is 21.6. The van der Waals surface area contributed by atoms with Gasteiger partial charge in [0, 0.05) is 49.3 Å². The number of aromatic nitrogens is 1. The summed E-state index contributed by atoms with van der Waals surface area (Å²) >= 11 is 0. The van der Waals surface area contributed by atoms with Crippen LogP contribution in [0.4, 0.5) is 0 Å². The molecule has 0 spiro atoms. The van der Waals surface area contributed by atoms with Gasteiger partial charge in [0.25, 0.3) is 0 Å². The zero-order valence-electron chi connectivity index (χ0n) is 11.4. The maximum Gasteiger partial charge on any atom is 0.0480 e. The second-order valence-electron chi connectivity index (χ2n) is 5.43.